The highest BCUT2D eigenvalue weighted by atomic mass is 16.5. The van der Waals surface area contributed by atoms with Crippen molar-refractivity contribution in [3.63, 3.8) is 0 Å². The predicted molar refractivity (Wildman–Crippen MR) is 85.4 cm³/mol. The summed E-state index contributed by atoms with van der Waals surface area (Å²) in [6.07, 6.45) is 0. The van der Waals surface area contributed by atoms with Gasteiger partial charge in [-0.05, 0) is 30.9 Å². The van der Waals surface area contributed by atoms with Crippen LogP contribution in [0.5, 0.6) is 5.75 Å². The van der Waals surface area contributed by atoms with Crippen molar-refractivity contribution < 1.29 is 4.74 Å². The molecule has 1 N–H and O–H groups in total. The van der Waals surface area contributed by atoms with E-state index in [1.807, 2.05) is 50.5 Å². The number of fused-ring (bicyclic) bond motifs is 1. The monoisotopic (exact) mass is 283 g/mol. The van der Waals surface area contributed by atoms with Gasteiger partial charge in [-0.15, -0.1) is 0 Å². The predicted octanol–water partition coefficient (Wildman–Crippen LogP) is 2.56. The molecule has 2 rings (SSSR count). The zero-order valence-corrected chi connectivity index (χ0v) is 12.8. The molecule has 0 saturated carbocycles. The van der Waals surface area contributed by atoms with Crippen molar-refractivity contribution >= 4 is 10.8 Å². The molecule has 0 radical (unpaired) electrons. The maximum atomic E-state index is 9.54. The first kappa shape index (κ1) is 15.3. The number of likely N-dealkylation sites (N-methyl/N-ethyl adjacent to an activating group) is 1. The highest BCUT2D eigenvalue weighted by Crippen LogP contribution is 2.32. The molecule has 4 nitrogen and oxygen atoms in total. The smallest absolute Gasteiger partial charge is 0.125 e. The van der Waals surface area contributed by atoms with Crippen LogP contribution in [0.2, 0.25) is 0 Å². The maximum Gasteiger partial charge on any atom is 0.125 e. The highest BCUT2D eigenvalue weighted by Gasteiger charge is 2.18. The lowest BCUT2D eigenvalue weighted by molar-refractivity contribution is 0.387. The molecule has 110 valence electrons. The fraction of sp³-hybridized carbons (Fsp3) is 0.353. The first-order chi connectivity index (χ1) is 10.2. The maximum absolute atomic E-state index is 9.54. The van der Waals surface area contributed by atoms with Crippen molar-refractivity contribution in [3.05, 3.63) is 42.0 Å². The molecule has 1 atom stereocenters. The average molecular weight is 283 g/mol. The van der Waals surface area contributed by atoms with E-state index in [4.69, 9.17) is 4.74 Å². The lowest BCUT2D eigenvalue weighted by Crippen LogP contribution is -2.29. The van der Waals surface area contributed by atoms with Gasteiger partial charge in [0.15, 0.2) is 0 Å². The van der Waals surface area contributed by atoms with E-state index in [9.17, 15) is 5.26 Å². The number of hydrogen-bond acceptors (Lipinski definition) is 4. The molecule has 2 aromatic carbocycles. The van der Waals surface area contributed by atoms with Crippen molar-refractivity contribution in [1.82, 2.24) is 10.2 Å². The van der Waals surface area contributed by atoms with Gasteiger partial charge < -0.3 is 9.64 Å². The van der Waals surface area contributed by atoms with Crippen molar-refractivity contribution in [3.8, 4) is 11.8 Å². The Morgan fingerprint density at radius 1 is 1.24 bits per heavy atom. The lowest BCUT2D eigenvalue weighted by Gasteiger charge is -2.19. The van der Waals surface area contributed by atoms with E-state index in [1.165, 1.54) is 0 Å². The van der Waals surface area contributed by atoms with E-state index in [0.29, 0.717) is 0 Å². The number of rotatable bonds is 6. The number of ether oxygens (including phenoxy) is 1. The van der Waals surface area contributed by atoms with E-state index >= 15 is 0 Å². The molecule has 0 bridgehead atoms. The molecular weight excluding hydrogens is 262 g/mol. The van der Waals surface area contributed by atoms with Crippen LogP contribution in [0.25, 0.3) is 10.8 Å². The molecule has 0 saturated heterocycles. The van der Waals surface area contributed by atoms with Crippen LogP contribution in [-0.4, -0.2) is 39.2 Å². The second-order valence-corrected chi connectivity index (χ2v) is 5.22. The van der Waals surface area contributed by atoms with Gasteiger partial charge in [0, 0.05) is 18.7 Å². The van der Waals surface area contributed by atoms with Crippen molar-refractivity contribution in [1.29, 1.82) is 5.26 Å². The SMILES string of the molecule is COc1ccc2ccccc2c1C(C#N)NCCN(C)C. The molecule has 21 heavy (non-hydrogen) atoms. The van der Waals surface area contributed by atoms with E-state index in [2.05, 4.69) is 16.3 Å². The van der Waals surface area contributed by atoms with E-state index in [1.54, 1.807) is 7.11 Å². The molecule has 0 aliphatic heterocycles. The Kier molecular flexibility index (Phi) is 5.15. The van der Waals surface area contributed by atoms with E-state index < -0.39 is 0 Å². The molecule has 0 fully saturated rings. The van der Waals surface area contributed by atoms with Gasteiger partial charge in [0.1, 0.15) is 11.8 Å². The van der Waals surface area contributed by atoms with Gasteiger partial charge in [0.2, 0.25) is 0 Å². The largest absolute Gasteiger partial charge is 0.496 e. The molecule has 0 aromatic heterocycles. The van der Waals surface area contributed by atoms with Crippen LogP contribution in [0.4, 0.5) is 0 Å². The summed E-state index contributed by atoms with van der Waals surface area (Å²) in [6.45, 7) is 1.63. The number of benzene rings is 2. The summed E-state index contributed by atoms with van der Waals surface area (Å²) < 4.78 is 5.46. The first-order valence-electron chi connectivity index (χ1n) is 7.00. The normalized spacial score (nSPS) is 12.3. The number of hydrogen-bond donors (Lipinski definition) is 1. The third kappa shape index (κ3) is 3.52. The third-order valence-corrected chi connectivity index (χ3v) is 3.48. The van der Waals surface area contributed by atoms with Gasteiger partial charge in [0.25, 0.3) is 0 Å². The number of methoxy groups -OCH3 is 1. The molecule has 0 amide bonds. The number of nitrogens with one attached hydrogen (secondary N) is 1. The highest BCUT2D eigenvalue weighted by molar-refractivity contribution is 5.88. The van der Waals surface area contributed by atoms with Crippen molar-refractivity contribution in [2.24, 2.45) is 0 Å². The van der Waals surface area contributed by atoms with Gasteiger partial charge in [-0.1, -0.05) is 30.3 Å². The minimum absolute atomic E-state index is 0.383. The van der Waals surface area contributed by atoms with Crippen molar-refractivity contribution in [2.45, 2.75) is 6.04 Å². The molecule has 0 aliphatic carbocycles. The quantitative estimate of drug-likeness (QED) is 0.885. The Hall–Kier alpha value is -2.09. The molecule has 1 unspecified atom stereocenters. The van der Waals surface area contributed by atoms with Gasteiger partial charge >= 0.3 is 0 Å². The van der Waals surface area contributed by atoms with Crippen LogP contribution in [-0.2, 0) is 0 Å². The molecule has 0 aliphatic rings. The Bertz CT molecular complexity index is 646. The molecule has 0 heterocycles. The van der Waals surface area contributed by atoms with Gasteiger partial charge in [0.05, 0.1) is 13.2 Å². The topological polar surface area (TPSA) is 48.3 Å². The summed E-state index contributed by atoms with van der Waals surface area (Å²) in [6, 6.07) is 14.0. The molecule has 0 spiro atoms. The van der Waals surface area contributed by atoms with E-state index in [0.717, 1.165) is 35.2 Å². The van der Waals surface area contributed by atoms with Gasteiger partial charge in [-0.3, -0.25) is 5.32 Å². The fourth-order valence-corrected chi connectivity index (χ4v) is 2.40. The first-order valence-corrected chi connectivity index (χ1v) is 7.00. The van der Waals surface area contributed by atoms with Crippen LogP contribution in [0.15, 0.2) is 36.4 Å². The zero-order chi connectivity index (χ0) is 15.2. The summed E-state index contributed by atoms with van der Waals surface area (Å²) in [5.74, 6) is 0.748. The molecular formula is C17H21N3O. The summed E-state index contributed by atoms with van der Waals surface area (Å²) in [5.41, 5.74) is 0.914. The summed E-state index contributed by atoms with van der Waals surface area (Å²) >= 11 is 0. The standard InChI is InChI=1S/C17H21N3O/c1-20(2)11-10-19-15(12-18)17-14-7-5-4-6-13(14)8-9-16(17)21-3/h4-9,15,19H,10-11H2,1-3H3. The van der Waals surface area contributed by atoms with Crippen LogP contribution in [0.3, 0.4) is 0 Å². The van der Waals surface area contributed by atoms with Crippen LogP contribution >= 0.6 is 0 Å². The Morgan fingerprint density at radius 2 is 2.00 bits per heavy atom. The lowest BCUT2D eigenvalue weighted by atomic mass is 9.98. The van der Waals surface area contributed by atoms with Gasteiger partial charge in [-0.2, -0.15) is 5.26 Å². The molecule has 4 heteroatoms. The van der Waals surface area contributed by atoms with E-state index in [-0.39, 0.29) is 6.04 Å². The number of nitrogens with zero attached hydrogens (tertiary/aromatic N) is 2. The summed E-state index contributed by atoms with van der Waals surface area (Å²) in [7, 11) is 5.67. The van der Waals surface area contributed by atoms with Crippen LogP contribution in [0.1, 0.15) is 11.6 Å². The number of nitriles is 1. The second kappa shape index (κ2) is 7.07. The van der Waals surface area contributed by atoms with Crippen LogP contribution in [0, 0.1) is 11.3 Å². The van der Waals surface area contributed by atoms with Crippen molar-refractivity contribution in [2.75, 3.05) is 34.3 Å². The fourth-order valence-electron chi connectivity index (χ4n) is 2.40. The minimum atomic E-state index is -0.383. The van der Waals surface area contributed by atoms with Crippen LogP contribution < -0.4 is 10.1 Å². The minimum Gasteiger partial charge on any atom is -0.496 e. The molecule has 2 aromatic rings. The summed E-state index contributed by atoms with van der Waals surface area (Å²) in [5, 5.41) is 15.0. The second-order valence-electron chi connectivity index (χ2n) is 5.22. The Balaban J connectivity index is 2.39. The Morgan fingerprint density at radius 3 is 2.67 bits per heavy atom. The zero-order valence-electron chi connectivity index (χ0n) is 12.8. The van der Waals surface area contributed by atoms with Gasteiger partial charge in [-0.25, -0.2) is 0 Å². The Labute approximate surface area is 125 Å². The average Bonchev–Trinajstić information content (AvgIpc) is 2.50. The summed E-state index contributed by atoms with van der Waals surface area (Å²) in [4.78, 5) is 2.09. The third-order valence-electron chi connectivity index (χ3n) is 3.48.